The Morgan fingerprint density at radius 3 is 2.70 bits per heavy atom. The third kappa shape index (κ3) is 3.54. The molecular weight excluding hydrogens is 271 g/mol. The summed E-state index contributed by atoms with van der Waals surface area (Å²) in [5.41, 5.74) is 0.122. The van der Waals surface area contributed by atoms with Gasteiger partial charge in [0.25, 0.3) is 0 Å². The highest BCUT2D eigenvalue weighted by atomic mass is 19.4. The fourth-order valence-electron chi connectivity index (χ4n) is 1.77. The van der Waals surface area contributed by atoms with Crippen LogP contribution in [-0.4, -0.2) is 7.05 Å². The summed E-state index contributed by atoms with van der Waals surface area (Å²) in [5, 5.41) is 2.95. The van der Waals surface area contributed by atoms with Crippen molar-refractivity contribution in [1.82, 2.24) is 5.32 Å². The Morgan fingerprint density at radius 2 is 2.00 bits per heavy atom. The first-order valence-corrected chi connectivity index (χ1v) is 6.00. The maximum absolute atomic E-state index is 12.8. The lowest BCUT2D eigenvalue weighted by atomic mass is 10.2. The minimum atomic E-state index is -4.43. The number of halogens is 3. The molecule has 0 aliphatic heterocycles. The van der Waals surface area contributed by atoms with Crippen molar-refractivity contribution in [3.05, 3.63) is 53.5 Å². The van der Waals surface area contributed by atoms with Gasteiger partial charge in [-0.15, -0.1) is 0 Å². The third-order valence-corrected chi connectivity index (χ3v) is 2.65. The van der Waals surface area contributed by atoms with E-state index in [-0.39, 0.29) is 12.4 Å². The van der Waals surface area contributed by atoms with Crippen LogP contribution >= 0.6 is 0 Å². The minimum absolute atomic E-state index is 0.0448. The maximum Gasteiger partial charge on any atom is 0.419 e. The topological polar surface area (TPSA) is 34.4 Å². The number of furan rings is 1. The molecule has 0 aliphatic rings. The summed E-state index contributed by atoms with van der Waals surface area (Å²) in [5.74, 6) is 0.277. The van der Waals surface area contributed by atoms with Gasteiger partial charge in [0.2, 0.25) is 0 Å². The molecule has 1 aromatic carbocycles. The molecule has 0 spiro atoms. The first-order chi connectivity index (χ1) is 9.50. The van der Waals surface area contributed by atoms with Crippen LogP contribution in [0.15, 0.2) is 41.0 Å². The molecule has 0 atom stereocenters. The summed E-state index contributed by atoms with van der Waals surface area (Å²) in [6, 6.07) is 6.85. The van der Waals surface area contributed by atoms with Gasteiger partial charge in [0.1, 0.15) is 18.1 Å². The molecule has 0 fully saturated rings. The van der Waals surface area contributed by atoms with Crippen LogP contribution in [0.2, 0.25) is 0 Å². The molecule has 6 heteroatoms. The molecule has 108 valence electrons. The van der Waals surface area contributed by atoms with Crippen molar-refractivity contribution in [1.29, 1.82) is 0 Å². The van der Waals surface area contributed by atoms with Crippen LogP contribution in [0.1, 0.15) is 16.9 Å². The molecule has 1 aromatic heterocycles. The molecule has 0 amide bonds. The monoisotopic (exact) mass is 285 g/mol. The van der Waals surface area contributed by atoms with E-state index in [1.165, 1.54) is 18.2 Å². The molecule has 0 bridgehead atoms. The number of nitrogens with one attached hydrogen (secondary N) is 1. The summed E-state index contributed by atoms with van der Waals surface area (Å²) in [7, 11) is 1.79. The SMILES string of the molecule is CNCc1coc(COc2ccccc2C(F)(F)F)c1. The number of rotatable bonds is 5. The van der Waals surface area contributed by atoms with Crippen molar-refractivity contribution in [3.8, 4) is 5.75 Å². The Bertz CT molecular complexity index is 564. The van der Waals surface area contributed by atoms with E-state index in [9.17, 15) is 13.2 Å². The zero-order valence-electron chi connectivity index (χ0n) is 10.8. The van der Waals surface area contributed by atoms with Gasteiger partial charge in [0.15, 0.2) is 0 Å². The normalized spacial score (nSPS) is 11.6. The van der Waals surface area contributed by atoms with Crippen molar-refractivity contribution in [3.63, 3.8) is 0 Å². The summed E-state index contributed by atoms with van der Waals surface area (Å²) in [6.07, 6.45) is -2.89. The number of hydrogen-bond acceptors (Lipinski definition) is 3. The molecular formula is C14H14F3NO2. The second-order valence-corrected chi connectivity index (χ2v) is 4.23. The van der Waals surface area contributed by atoms with E-state index in [0.717, 1.165) is 11.6 Å². The highest BCUT2D eigenvalue weighted by Gasteiger charge is 2.34. The van der Waals surface area contributed by atoms with E-state index < -0.39 is 11.7 Å². The van der Waals surface area contributed by atoms with Crippen LogP contribution in [0.4, 0.5) is 13.2 Å². The smallest absolute Gasteiger partial charge is 0.419 e. The van der Waals surface area contributed by atoms with E-state index in [0.29, 0.717) is 12.3 Å². The van der Waals surface area contributed by atoms with Crippen LogP contribution in [0.25, 0.3) is 0 Å². The minimum Gasteiger partial charge on any atom is -0.485 e. The second kappa shape index (κ2) is 6.00. The standard InChI is InChI=1S/C14H14F3NO2/c1-18-7-10-6-11(19-8-10)9-20-13-5-3-2-4-12(13)14(15,16)17/h2-6,8,18H,7,9H2,1H3. The van der Waals surface area contributed by atoms with Gasteiger partial charge >= 0.3 is 6.18 Å². The number of hydrogen-bond donors (Lipinski definition) is 1. The lowest BCUT2D eigenvalue weighted by molar-refractivity contribution is -0.139. The van der Waals surface area contributed by atoms with E-state index in [1.807, 2.05) is 0 Å². The molecule has 20 heavy (non-hydrogen) atoms. The van der Waals surface area contributed by atoms with Crippen LogP contribution in [0.5, 0.6) is 5.75 Å². The molecule has 3 nitrogen and oxygen atoms in total. The second-order valence-electron chi connectivity index (χ2n) is 4.23. The molecule has 2 rings (SSSR count). The Morgan fingerprint density at radius 1 is 1.25 bits per heavy atom. The third-order valence-electron chi connectivity index (χ3n) is 2.65. The molecule has 2 aromatic rings. The maximum atomic E-state index is 12.8. The summed E-state index contributed by atoms with van der Waals surface area (Å²) in [4.78, 5) is 0. The Hall–Kier alpha value is -1.95. The highest BCUT2D eigenvalue weighted by Crippen LogP contribution is 2.36. The predicted molar refractivity (Wildman–Crippen MR) is 67.2 cm³/mol. The average molecular weight is 285 g/mol. The predicted octanol–water partition coefficient (Wildman–Crippen LogP) is 3.60. The van der Waals surface area contributed by atoms with Gasteiger partial charge in [0, 0.05) is 12.1 Å². The van der Waals surface area contributed by atoms with Crippen molar-refractivity contribution < 1.29 is 22.3 Å². The van der Waals surface area contributed by atoms with Crippen molar-refractivity contribution in [2.75, 3.05) is 7.05 Å². The fourth-order valence-corrected chi connectivity index (χ4v) is 1.77. The van der Waals surface area contributed by atoms with E-state index >= 15 is 0 Å². The van der Waals surface area contributed by atoms with Gasteiger partial charge < -0.3 is 14.5 Å². The lowest BCUT2D eigenvalue weighted by Crippen LogP contribution is -2.08. The van der Waals surface area contributed by atoms with Gasteiger partial charge in [-0.25, -0.2) is 0 Å². The average Bonchev–Trinajstić information content (AvgIpc) is 2.84. The fraction of sp³-hybridized carbons (Fsp3) is 0.286. The Balaban J connectivity index is 2.07. The summed E-state index contributed by atoms with van der Waals surface area (Å²) >= 11 is 0. The molecule has 0 saturated carbocycles. The molecule has 0 saturated heterocycles. The summed E-state index contributed by atoms with van der Waals surface area (Å²) in [6.45, 7) is 0.583. The van der Waals surface area contributed by atoms with Crippen molar-refractivity contribution >= 4 is 0 Å². The Kier molecular flexibility index (Phi) is 4.34. The molecule has 0 unspecified atom stereocenters. The molecule has 0 aliphatic carbocycles. The highest BCUT2D eigenvalue weighted by molar-refractivity contribution is 5.35. The first-order valence-electron chi connectivity index (χ1n) is 6.00. The van der Waals surface area contributed by atoms with Crippen LogP contribution in [0.3, 0.4) is 0 Å². The molecule has 1 heterocycles. The van der Waals surface area contributed by atoms with Crippen LogP contribution < -0.4 is 10.1 Å². The van der Waals surface area contributed by atoms with Gasteiger partial charge in [0.05, 0.1) is 11.8 Å². The largest absolute Gasteiger partial charge is 0.485 e. The van der Waals surface area contributed by atoms with Gasteiger partial charge in [-0.1, -0.05) is 12.1 Å². The molecule has 0 radical (unpaired) electrons. The van der Waals surface area contributed by atoms with Gasteiger partial charge in [-0.05, 0) is 25.2 Å². The first kappa shape index (κ1) is 14.5. The summed E-state index contributed by atoms with van der Waals surface area (Å²) < 4.78 is 48.7. The van der Waals surface area contributed by atoms with Crippen molar-refractivity contribution in [2.24, 2.45) is 0 Å². The number of ether oxygens (including phenoxy) is 1. The van der Waals surface area contributed by atoms with Gasteiger partial charge in [-0.3, -0.25) is 0 Å². The number of para-hydroxylation sites is 1. The quantitative estimate of drug-likeness (QED) is 0.911. The number of alkyl halides is 3. The lowest BCUT2D eigenvalue weighted by Gasteiger charge is -2.12. The van der Waals surface area contributed by atoms with Crippen LogP contribution in [0, 0.1) is 0 Å². The number of benzene rings is 1. The van der Waals surface area contributed by atoms with E-state index in [4.69, 9.17) is 9.15 Å². The zero-order chi connectivity index (χ0) is 14.6. The zero-order valence-corrected chi connectivity index (χ0v) is 10.8. The van der Waals surface area contributed by atoms with E-state index in [2.05, 4.69) is 5.32 Å². The Labute approximate surface area is 114 Å². The van der Waals surface area contributed by atoms with Crippen LogP contribution in [-0.2, 0) is 19.3 Å². The molecule has 1 N–H and O–H groups in total. The van der Waals surface area contributed by atoms with Crippen molar-refractivity contribution in [2.45, 2.75) is 19.3 Å². The van der Waals surface area contributed by atoms with E-state index in [1.54, 1.807) is 19.4 Å². The van der Waals surface area contributed by atoms with Gasteiger partial charge in [-0.2, -0.15) is 13.2 Å².